The monoisotopic (exact) mass is 460 g/mol. The van der Waals surface area contributed by atoms with Gasteiger partial charge in [0.05, 0.1) is 28.8 Å². The predicted molar refractivity (Wildman–Crippen MR) is 114 cm³/mol. The fraction of sp³-hybridized carbons (Fsp3) is 0.333. The molecule has 4 heterocycles. The molecule has 11 heteroatoms. The lowest BCUT2D eigenvalue weighted by Crippen LogP contribution is -2.35. The van der Waals surface area contributed by atoms with Gasteiger partial charge in [0.25, 0.3) is 5.89 Å². The van der Waals surface area contributed by atoms with Crippen molar-refractivity contribution in [3.8, 4) is 11.5 Å². The third-order valence-corrected chi connectivity index (χ3v) is 5.85. The summed E-state index contributed by atoms with van der Waals surface area (Å²) >= 11 is 6.23. The van der Waals surface area contributed by atoms with Gasteiger partial charge in [-0.2, -0.15) is 8.78 Å². The van der Waals surface area contributed by atoms with Crippen molar-refractivity contribution in [3.05, 3.63) is 63.6 Å². The number of benzene rings is 1. The minimum atomic E-state index is -2.83. The van der Waals surface area contributed by atoms with Gasteiger partial charge in [0.15, 0.2) is 0 Å². The van der Waals surface area contributed by atoms with Crippen LogP contribution >= 0.6 is 11.6 Å². The minimum Gasteiger partial charge on any atom is -0.415 e. The third kappa shape index (κ3) is 3.80. The van der Waals surface area contributed by atoms with Crippen LogP contribution in [-0.2, 0) is 6.54 Å². The van der Waals surface area contributed by atoms with Gasteiger partial charge in [0.1, 0.15) is 0 Å². The molecule has 5 rings (SSSR count). The van der Waals surface area contributed by atoms with E-state index in [-0.39, 0.29) is 24.2 Å². The van der Waals surface area contributed by atoms with E-state index in [1.807, 2.05) is 16.7 Å². The number of aromatic nitrogens is 5. The van der Waals surface area contributed by atoms with E-state index in [4.69, 9.17) is 16.0 Å². The Labute approximate surface area is 185 Å². The molecule has 0 atom stereocenters. The SMILES string of the molecule is O=c1n(Cc2ccc(-c3nnc(C(F)F)o3)cn2)c2ccc(Cl)cc2n1C1CCNCC1. The molecule has 1 aromatic carbocycles. The normalized spacial score (nSPS) is 15.1. The van der Waals surface area contributed by atoms with Crippen LogP contribution in [0.4, 0.5) is 8.78 Å². The number of nitrogens with one attached hydrogen (secondary N) is 1. The van der Waals surface area contributed by atoms with Crippen LogP contribution in [0.2, 0.25) is 5.02 Å². The average Bonchev–Trinajstić information content (AvgIpc) is 3.39. The molecule has 8 nitrogen and oxygen atoms in total. The van der Waals surface area contributed by atoms with Gasteiger partial charge in [-0.25, -0.2) is 4.79 Å². The van der Waals surface area contributed by atoms with Gasteiger partial charge in [-0.1, -0.05) is 11.6 Å². The molecule has 4 aromatic rings. The number of hydrogen-bond donors (Lipinski definition) is 1. The van der Waals surface area contributed by atoms with Crippen molar-refractivity contribution < 1.29 is 13.2 Å². The van der Waals surface area contributed by atoms with E-state index in [1.165, 1.54) is 6.20 Å². The number of rotatable bonds is 5. The van der Waals surface area contributed by atoms with Gasteiger partial charge in [0, 0.05) is 17.3 Å². The van der Waals surface area contributed by atoms with Crippen LogP contribution in [0.15, 0.2) is 45.7 Å². The smallest absolute Gasteiger partial charge is 0.329 e. The van der Waals surface area contributed by atoms with Gasteiger partial charge in [0.2, 0.25) is 5.89 Å². The average molecular weight is 461 g/mol. The summed E-state index contributed by atoms with van der Waals surface area (Å²) in [5.41, 5.74) is 2.52. The number of hydrogen-bond acceptors (Lipinski definition) is 6. The molecule has 0 bridgehead atoms. The van der Waals surface area contributed by atoms with Crippen LogP contribution in [0.3, 0.4) is 0 Å². The standard InChI is InChI=1S/C21H19ClF2N6O2/c22-13-2-4-16-17(9-13)30(15-5-7-25-8-6-15)21(31)29(16)11-14-3-1-12(10-26-14)19-27-28-20(32-19)18(23)24/h1-4,9-10,15,18,25H,5-8,11H2. The number of halogens is 3. The first-order valence-corrected chi connectivity index (χ1v) is 10.6. The molecule has 0 saturated carbocycles. The molecule has 32 heavy (non-hydrogen) atoms. The summed E-state index contributed by atoms with van der Waals surface area (Å²) in [6.07, 6.45) is 0.361. The quantitative estimate of drug-likeness (QED) is 0.487. The third-order valence-electron chi connectivity index (χ3n) is 5.62. The maximum absolute atomic E-state index is 13.4. The van der Waals surface area contributed by atoms with Gasteiger partial charge >= 0.3 is 12.1 Å². The first kappa shape index (κ1) is 20.8. The Morgan fingerprint density at radius 2 is 1.97 bits per heavy atom. The fourth-order valence-electron chi connectivity index (χ4n) is 4.07. The maximum Gasteiger partial charge on any atom is 0.329 e. The summed E-state index contributed by atoms with van der Waals surface area (Å²) in [7, 11) is 0. The highest BCUT2D eigenvalue weighted by Gasteiger charge is 2.23. The Hall–Kier alpha value is -3.11. The number of imidazole rings is 1. The molecule has 0 aliphatic carbocycles. The number of alkyl halides is 2. The molecule has 0 spiro atoms. The summed E-state index contributed by atoms with van der Waals surface area (Å²) in [5.74, 6) is -0.770. The lowest BCUT2D eigenvalue weighted by Gasteiger charge is -2.23. The summed E-state index contributed by atoms with van der Waals surface area (Å²) in [4.78, 5) is 17.8. The van der Waals surface area contributed by atoms with Gasteiger partial charge in [-0.05, 0) is 56.3 Å². The molecule has 0 unspecified atom stereocenters. The van der Waals surface area contributed by atoms with Gasteiger partial charge in [-0.3, -0.25) is 14.1 Å². The van der Waals surface area contributed by atoms with Crippen LogP contribution < -0.4 is 11.0 Å². The van der Waals surface area contributed by atoms with E-state index in [9.17, 15) is 13.6 Å². The summed E-state index contributed by atoms with van der Waals surface area (Å²) in [6.45, 7) is 1.97. The fourth-order valence-corrected chi connectivity index (χ4v) is 4.24. The number of nitrogens with zero attached hydrogens (tertiary/aromatic N) is 5. The first-order chi connectivity index (χ1) is 15.5. The maximum atomic E-state index is 13.4. The van der Waals surface area contributed by atoms with Crippen molar-refractivity contribution in [3.63, 3.8) is 0 Å². The topological polar surface area (TPSA) is 90.8 Å². The van der Waals surface area contributed by atoms with Crippen molar-refractivity contribution in [1.82, 2.24) is 29.6 Å². The molecule has 1 fully saturated rings. The van der Waals surface area contributed by atoms with Crippen LogP contribution in [0.1, 0.15) is 36.9 Å². The summed E-state index contributed by atoms with van der Waals surface area (Å²) in [5, 5.41) is 10.8. The molecule has 1 saturated heterocycles. The first-order valence-electron chi connectivity index (χ1n) is 10.2. The zero-order chi connectivity index (χ0) is 22.2. The summed E-state index contributed by atoms with van der Waals surface area (Å²) in [6, 6.07) is 8.89. The lowest BCUT2D eigenvalue weighted by molar-refractivity contribution is 0.116. The second kappa shape index (κ2) is 8.44. The Kier molecular flexibility index (Phi) is 5.48. The molecule has 166 valence electrons. The van der Waals surface area contributed by atoms with Crippen LogP contribution in [-0.4, -0.2) is 37.4 Å². The van der Waals surface area contributed by atoms with Crippen molar-refractivity contribution in [2.45, 2.75) is 31.9 Å². The molecule has 1 aliphatic heterocycles. The zero-order valence-electron chi connectivity index (χ0n) is 16.8. The van der Waals surface area contributed by atoms with Crippen molar-refractivity contribution in [2.75, 3.05) is 13.1 Å². The van der Waals surface area contributed by atoms with Crippen molar-refractivity contribution >= 4 is 22.6 Å². The van der Waals surface area contributed by atoms with E-state index < -0.39 is 12.3 Å². The van der Waals surface area contributed by atoms with Crippen LogP contribution in [0.5, 0.6) is 0 Å². The second-order valence-corrected chi connectivity index (χ2v) is 8.07. The van der Waals surface area contributed by atoms with E-state index in [0.717, 1.165) is 37.0 Å². The molecule has 1 N–H and O–H groups in total. The molecular formula is C21H19ClF2N6O2. The van der Waals surface area contributed by atoms with E-state index >= 15 is 0 Å². The highest BCUT2D eigenvalue weighted by atomic mass is 35.5. The Bertz CT molecular complexity index is 1310. The molecule has 1 aliphatic rings. The number of piperidine rings is 1. The lowest BCUT2D eigenvalue weighted by atomic mass is 10.1. The number of pyridine rings is 1. The van der Waals surface area contributed by atoms with Crippen LogP contribution in [0, 0.1) is 0 Å². The van der Waals surface area contributed by atoms with E-state index in [1.54, 1.807) is 22.8 Å². The Morgan fingerprint density at radius 3 is 2.66 bits per heavy atom. The largest absolute Gasteiger partial charge is 0.415 e. The second-order valence-electron chi connectivity index (χ2n) is 7.64. The Balaban J connectivity index is 1.48. The zero-order valence-corrected chi connectivity index (χ0v) is 17.6. The van der Waals surface area contributed by atoms with Gasteiger partial charge in [-0.15, -0.1) is 10.2 Å². The molecule has 3 aromatic heterocycles. The summed E-state index contributed by atoms with van der Waals surface area (Å²) < 4.78 is 33.8. The molecule has 0 amide bonds. The van der Waals surface area contributed by atoms with Crippen molar-refractivity contribution in [1.29, 1.82) is 0 Å². The van der Waals surface area contributed by atoms with Crippen molar-refractivity contribution in [2.24, 2.45) is 0 Å². The van der Waals surface area contributed by atoms with Gasteiger partial charge < -0.3 is 9.73 Å². The highest BCUT2D eigenvalue weighted by Crippen LogP contribution is 2.27. The molecule has 0 radical (unpaired) electrons. The predicted octanol–water partition coefficient (Wildman–Crippen LogP) is 3.81. The van der Waals surface area contributed by atoms with Crippen LogP contribution in [0.25, 0.3) is 22.5 Å². The Morgan fingerprint density at radius 1 is 1.16 bits per heavy atom. The minimum absolute atomic E-state index is 0.0336. The number of fused-ring (bicyclic) bond motifs is 1. The molecular weight excluding hydrogens is 442 g/mol. The highest BCUT2D eigenvalue weighted by molar-refractivity contribution is 6.31. The van der Waals surface area contributed by atoms with E-state index in [0.29, 0.717) is 16.3 Å². The van der Waals surface area contributed by atoms with E-state index in [2.05, 4.69) is 20.5 Å².